The van der Waals surface area contributed by atoms with E-state index in [0.29, 0.717) is 28.3 Å². The summed E-state index contributed by atoms with van der Waals surface area (Å²) in [5.74, 6) is 0.653. The van der Waals surface area contributed by atoms with Crippen molar-refractivity contribution in [1.29, 1.82) is 0 Å². The van der Waals surface area contributed by atoms with Crippen molar-refractivity contribution >= 4 is 32.7 Å². The molecule has 0 unspecified atom stereocenters. The predicted molar refractivity (Wildman–Crippen MR) is 365 cm³/mol. The average Bonchev–Trinajstić information content (AvgIpc) is 1.50. The third kappa shape index (κ3) is 9.53. The Morgan fingerprint density at radius 2 is 0.705 bits per heavy atom. The number of aromatic nitrogens is 6. The van der Waals surface area contributed by atoms with Gasteiger partial charge in [0.2, 0.25) is 33.6 Å². The van der Waals surface area contributed by atoms with Crippen LogP contribution in [-0.4, -0.2) is 15.0 Å². The van der Waals surface area contributed by atoms with Crippen LogP contribution in [0.2, 0.25) is 0 Å². The zero-order chi connectivity index (χ0) is 67.0. The zero-order valence-corrected chi connectivity index (χ0v) is 53.7. The minimum atomic E-state index is -2.82. The second-order valence-electron chi connectivity index (χ2n) is 26.6. The number of para-hydroxylation sites is 2. The molecule has 0 spiro atoms. The van der Waals surface area contributed by atoms with Gasteiger partial charge in [-0.2, -0.15) is 13.7 Å². The number of hydrogen-bond donors (Lipinski definition) is 0. The third-order valence-electron chi connectivity index (χ3n) is 19.2. The lowest BCUT2D eigenvalue weighted by atomic mass is 9.83. The molecule has 0 fully saturated rings. The molecule has 0 bridgehead atoms. The molecule has 6 aromatic heterocycles. The van der Waals surface area contributed by atoms with E-state index in [-0.39, 0.29) is 16.5 Å². The first kappa shape index (κ1) is 51.1. The second-order valence-corrected chi connectivity index (χ2v) is 26.6. The van der Waals surface area contributed by atoms with Gasteiger partial charge in [0.1, 0.15) is 21.1 Å². The maximum absolute atomic E-state index is 8.41. The molecule has 0 N–H and O–H groups in total. The number of pyridine rings is 6. The largest absolute Gasteiger partial charge is 0.257 e. The molecule has 0 saturated heterocycles. The van der Waals surface area contributed by atoms with Crippen LogP contribution in [0.25, 0.3) is 99.9 Å². The van der Waals surface area contributed by atoms with Crippen LogP contribution >= 0.6 is 0 Å². The molecule has 6 nitrogen and oxygen atoms in total. The summed E-state index contributed by atoms with van der Waals surface area (Å²) >= 11 is 0. The molecule has 12 aromatic rings. The number of hydrogen-bond acceptors (Lipinski definition) is 3. The second kappa shape index (κ2) is 21.4. The number of nitrogens with zero attached hydrogens (tertiary/aromatic N) is 6. The molecule has 6 aromatic carbocycles. The van der Waals surface area contributed by atoms with E-state index in [9.17, 15) is 0 Å². The smallest absolute Gasteiger partial charge is 0.213 e. The number of benzene rings is 6. The van der Waals surface area contributed by atoms with Crippen LogP contribution in [0, 0.1) is 47.5 Å². The van der Waals surface area contributed by atoms with E-state index < -0.39 is 19.1 Å². The van der Waals surface area contributed by atoms with Crippen LogP contribution in [0.5, 0.6) is 0 Å². The van der Waals surface area contributed by atoms with E-state index in [4.69, 9.17) is 18.2 Å². The van der Waals surface area contributed by atoms with Crippen molar-refractivity contribution in [1.82, 2.24) is 15.0 Å². The Bertz CT molecular complexity index is 5110. The Balaban J connectivity index is 0.000000129. The van der Waals surface area contributed by atoms with Crippen molar-refractivity contribution in [2.24, 2.45) is 27.1 Å². The van der Waals surface area contributed by atoms with Gasteiger partial charge in [0, 0.05) is 127 Å². The summed E-state index contributed by atoms with van der Waals surface area (Å²) in [6.07, 6.45) is 1.11. The molecule has 0 amide bonds. The van der Waals surface area contributed by atoms with E-state index in [1.165, 1.54) is 106 Å². The Labute approximate surface area is 529 Å². The van der Waals surface area contributed by atoms with E-state index in [0.717, 1.165) is 45.5 Å². The van der Waals surface area contributed by atoms with E-state index in [2.05, 4.69) is 235 Å². The topological polar surface area (TPSA) is 50.3 Å². The SMILES string of the molecule is Cc1ccc2c(n1)C(C)(C)c1cc(C)c(-c3ccc4ccc(CC(C)C)cc4[n+]3C)cc1-2.Cc1ccc2c(n1)C(C)(C)c1cc(C)c(-c3ccc4ccccc4[n+]3C)cc1-2.[2H]C([2H])([2H])C1(C([2H])([2H])[2H])c2cc(C)c(-c3ccc4ccccc4[n+]3C)cc2-c2ccc(C)nc21. The lowest BCUT2D eigenvalue weighted by Crippen LogP contribution is -2.32. The monoisotopic (exact) mass is 1160 g/mol. The zero-order valence-electron chi connectivity index (χ0n) is 59.7. The summed E-state index contributed by atoms with van der Waals surface area (Å²) in [4.78, 5) is 14.4. The van der Waals surface area contributed by atoms with E-state index in [1.807, 2.05) is 38.2 Å². The van der Waals surface area contributed by atoms with Crippen molar-refractivity contribution in [2.45, 2.75) is 119 Å². The van der Waals surface area contributed by atoms with Gasteiger partial charge in [-0.15, -0.1) is 0 Å². The fourth-order valence-electron chi connectivity index (χ4n) is 14.4. The third-order valence-corrected chi connectivity index (χ3v) is 19.2. The molecule has 0 saturated carbocycles. The summed E-state index contributed by atoms with van der Waals surface area (Å²) in [5, 5.41) is 3.66. The molecule has 0 aliphatic heterocycles. The molecule has 6 heteroatoms. The van der Waals surface area contributed by atoms with Crippen LogP contribution in [0.3, 0.4) is 0 Å². The van der Waals surface area contributed by atoms with Gasteiger partial charge in [0.25, 0.3) is 0 Å². The predicted octanol–water partition coefficient (Wildman–Crippen LogP) is 18.1. The Morgan fingerprint density at radius 3 is 1.09 bits per heavy atom. The molecule has 3 aliphatic carbocycles. The van der Waals surface area contributed by atoms with Crippen LogP contribution in [0.15, 0.2) is 176 Å². The quantitative estimate of drug-likeness (QED) is 0.161. The fraction of sp³-hybridized carbons (Fsp3) is 0.268. The van der Waals surface area contributed by atoms with Gasteiger partial charge < -0.3 is 0 Å². The molecule has 88 heavy (non-hydrogen) atoms. The minimum Gasteiger partial charge on any atom is -0.257 e. The van der Waals surface area contributed by atoms with Crippen LogP contribution in [0.1, 0.15) is 137 Å². The molecular weight excluding hydrogens is 1070 g/mol. The van der Waals surface area contributed by atoms with Gasteiger partial charge >= 0.3 is 0 Å². The van der Waals surface area contributed by atoms with Crippen molar-refractivity contribution in [3.63, 3.8) is 0 Å². The normalized spacial score (nSPS) is 15.5. The molecule has 438 valence electrons. The lowest BCUT2D eigenvalue weighted by molar-refractivity contribution is -0.633. The standard InChI is InChI=1S/C30H33N2.2C26H25N2/c1-18(2)14-21-9-10-22-11-13-27(32(7)28(22)16-21)24-17-25-23-12-8-20(4)31-29(23)30(5,6)26(25)15-19(24)3;2*1-16-14-22-21(19-12-10-17(2)27-25(19)26(22,3)4)15-20(16)24-13-11-18-8-6-7-9-23(18)28(24)5/h8-13,15-18H,14H2,1-7H3;2*6-15H,1-5H3/q3*+1/i;3D3,4D3;. The number of rotatable bonds is 5. The molecular formula is C82H83N6+3. The van der Waals surface area contributed by atoms with Crippen molar-refractivity contribution in [3.05, 3.63) is 249 Å². The van der Waals surface area contributed by atoms with Gasteiger partial charge in [-0.05, 0) is 182 Å². The number of fused-ring (bicyclic) bond motifs is 12. The molecule has 0 radical (unpaired) electrons. The minimum absolute atomic E-state index is 0.0639. The van der Waals surface area contributed by atoms with Gasteiger partial charge in [-0.25, -0.2) is 0 Å². The number of aryl methyl sites for hydroxylation is 9. The van der Waals surface area contributed by atoms with Gasteiger partial charge in [-0.3, -0.25) is 15.0 Å². The summed E-state index contributed by atoms with van der Waals surface area (Å²) in [5.41, 5.74) is 27.8. The Hall–Kier alpha value is -9.00. The Kier molecular flexibility index (Phi) is 12.4. The van der Waals surface area contributed by atoms with Crippen LogP contribution in [-0.2, 0) is 43.8 Å². The maximum atomic E-state index is 8.41. The molecule has 15 rings (SSSR count). The summed E-state index contributed by atoms with van der Waals surface area (Å²) in [7, 11) is 6.36. The highest BCUT2D eigenvalue weighted by molar-refractivity contribution is 5.88. The first-order chi connectivity index (χ1) is 44.4. The van der Waals surface area contributed by atoms with Gasteiger partial charge in [0.05, 0.1) is 17.1 Å². The van der Waals surface area contributed by atoms with E-state index in [1.54, 1.807) is 25.1 Å². The molecule has 3 aliphatic rings. The average molecular weight is 1160 g/mol. The molecule has 6 heterocycles. The fourth-order valence-corrected chi connectivity index (χ4v) is 14.4. The summed E-state index contributed by atoms with van der Waals surface area (Å²) < 4.78 is 57.2. The first-order valence-corrected chi connectivity index (χ1v) is 31.0. The lowest BCUT2D eigenvalue weighted by Gasteiger charge is -2.21. The van der Waals surface area contributed by atoms with Crippen molar-refractivity contribution in [2.75, 3.05) is 0 Å². The van der Waals surface area contributed by atoms with Gasteiger partial charge in [0.15, 0.2) is 0 Å². The van der Waals surface area contributed by atoms with Crippen molar-refractivity contribution in [3.8, 4) is 67.2 Å². The first-order valence-electron chi connectivity index (χ1n) is 34.0. The van der Waals surface area contributed by atoms with Crippen LogP contribution in [0.4, 0.5) is 0 Å². The summed E-state index contributed by atoms with van der Waals surface area (Å²) in [6.45, 7) is 20.4. The highest BCUT2D eigenvalue weighted by Crippen LogP contribution is 2.52. The van der Waals surface area contributed by atoms with E-state index >= 15 is 0 Å². The maximum Gasteiger partial charge on any atom is 0.213 e. The Morgan fingerprint density at radius 1 is 0.364 bits per heavy atom. The summed E-state index contributed by atoms with van der Waals surface area (Å²) in [6, 6.07) is 62.2. The highest BCUT2D eigenvalue weighted by atomic mass is 15.0. The van der Waals surface area contributed by atoms with Crippen LogP contribution < -0.4 is 13.7 Å². The van der Waals surface area contributed by atoms with Crippen molar-refractivity contribution < 1.29 is 21.9 Å². The highest BCUT2D eigenvalue weighted by Gasteiger charge is 2.41. The van der Waals surface area contributed by atoms with Gasteiger partial charge in [-0.1, -0.05) is 122 Å². The molecule has 0 atom stereocenters.